The average molecular weight is 489 g/mol. The van der Waals surface area contributed by atoms with Gasteiger partial charge in [-0.2, -0.15) is 0 Å². The number of hydrogen-bond donors (Lipinski definition) is 0. The number of nitrogens with zero attached hydrogens (tertiary/aromatic N) is 2. The summed E-state index contributed by atoms with van der Waals surface area (Å²) in [7, 11) is 0. The van der Waals surface area contributed by atoms with Crippen molar-refractivity contribution in [3.63, 3.8) is 0 Å². The number of fused-ring (bicyclic) bond motifs is 5. The smallest absolute Gasteiger partial charge is 0.137 e. The Labute approximate surface area is 221 Å². The van der Waals surface area contributed by atoms with Crippen LogP contribution in [0.2, 0.25) is 0 Å². The molecule has 0 spiro atoms. The van der Waals surface area contributed by atoms with Gasteiger partial charge in [0.1, 0.15) is 17.2 Å². The van der Waals surface area contributed by atoms with Crippen LogP contribution >= 0.6 is 0 Å². The third kappa shape index (κ3) is 3.47. The maximum atomic E-state index is 6.25. The van der Waals surface area contributed by atoms with Gasteiger partial charge in [0.15, 0.2) is 0 Å². The SMILES string of the molecule is C1=C(c2ccc(-c3ccc(-c4cn5ccccc5n4)cc3)cc2)CC2C(=C1)Oc1cc3ccccc3cc12. The molecular formula is C35H24N2O. The van der Waals surface area contributed by atoms with Crippen molar-refractivity contribution >= 4 is 22.0 Å². The van der Waals surface area contributed by atoms with Crippen LogP contribution in [-0.4, -0.2) is 9.38 Å². The van der Waals surface area contributed by atoms with Crippen LogP contribution in [0.15, 0.2) is 133 Å². The summed E-state index contributed by atoms with van der Waals surface area (Å²) in [5.41, 5.74) is 9.38. The molecular weight excluding hydrogens is 464 g/mol. The van der Waals surface area contributed by atoms with Gasteiger partial charge in [-0.05, 0) is 69.8 Å². The predicted octanol–water partition coefficient (Wildman–Crippen LogP) is 8.67. The fourth-order valence-electron chi connectivity index (χ4n) is 5.78. The second-order valence-electron chi connectivity index (χ2n) is 10.1. The number of aromatic nitrogens is 2. The molecule has 3 heteroatoms. The summed E-state index contributed by atoms with van der Waals surface area (Å²) in [4.78, 5) is 4.74. The first-order valence-corrected chi connectivity index (χ1v) is 13.0. The van der Waals surface area contributed by atoms with E-state index in [1.165, 1.54) is 38.6 Å². The highest BCUT2D eigenvalue weighted by Crippen LogP contribution is 2.48. The zero-order chi connectivity index (χ0) is 25.1. The van der Waals surface area contributed by atoms with E-state index in [0.717, 1.165) is 34.8 Å². The van der Waals surface area contributed by atoms with Gasteiger partial charge >= 0.3 is 0 Å². The maximum absolute atomic E-state index is 6.25. The molecule has 2 aromatic heterocycles. The quantitative estimate of drug-likeness (QED) is 0.249. The number of rotatable bonds is 3. The van der Waals surface area contributed by atoms with Crippen molar-refractivity contribution in [2.75, 3.05) is 0 Å². The largest absolute Gasteiger partial charge is 0.461 e. The highest BCUT2D eigenvalue weighted by molar-refractivity contribution is 5.86. The molecule has 3 heterocycles. The lowest BCUT2D eigenvalue weighted by Gasteiger charge is -2.18. The van der Waals surface area contributed by atoms with Crippen LogP contribution in [0, 0.1) is 0 Å². The molecule has 0 saturated carbocycles. The highest BCUT2D eigenvalue weighted by Gasteiger charge is 2.32. The number of hydrogen-bond acceptors (Lipinski definition) is 2. The van der Waals surface area contributed by atoms with Crippen molar-refractivity contribution in [1.29, 1.82) is 0 Å². The van der Waals surface area contributed by atoms with Gasteiger partial charge in [0.05, 0.1) is 5.69 Å². The lowest BCUT2D eigenvalue weighted by Crippen LogP contribution is -2.04. The third-order valence-corrected chi connectivity index (χ3v) is 7.83. The van der Waals surface area contributed by atoms with Crippen LogP contribution in [0.3, 0.4) is 0 Å². The molecule has 0 fully saturated rings. The Morgan fingerprint density at radius 1 is 0.684 bits per heavy atom. The van der Waals surface area contributed by atoms with E-state index in [0.29, 0.717) is 0 Å². The molecule has 0 amide bonds. The van der Waals surface area contributed by atoms with Crippen LogP contribution in [0.4, 0.5) is 0 Å². The topological polar surface area (TPSA) is 26.5 Å². The molecule has 0 N–H and O–H groups in total. The van der Waals surface area contributed by atoms with Gasteiger partial charge in [-0.1, -0.05) is 84.9 Å². The highest BCUT2D eigenvalue weighted by atomic mass is 16.5. The van der Waals surface area contributed by atoms with Crippen LogP contribution in [0.5, 0.6) is 5.75 Å². The minimum Gasteiger partial charge on any atom is -0.461 e. The summed E-state index contributed by atoms with van der Waals surface area (Å²) >= 11 is 0. The standard InChI is InChI=1S/C35H24N2O/c1-2-6-28-21-34-31(19-27(28)5-1)30-20-29(16-17-33(30)38-34)25-10-8-23(9-11-25)24-12-14-26(15-13-24)32-22-37-18-4-3-7-35(37)36-32/h1-19,21-22,30H,20H2. The molecule has 0 bridgehead atoms. The Balaban J connectivity index is 1.04. The van der Waals surface area contributed by atoms with E-state index < -0.39 is 0 Å². The zero-order valence-corrected chi connectivity index (χ0v) is 20.7. The summed E-state index contributed by atoms with van der Waals surface area (Å²) in [6, 6.07) is 36.7. The molecule has 180 valence electrons. The Bertz CT molecular complexity index is 1870. The average Bonchev–Trinajstić information content (AvgIpc) is 3.57. The van der Waals surface area contributed by atoms with Crippen molar-refractivity contribution in [3.05, 3.63) is 145 Å². The first kappa shape index (κ1) is 21.2. The van der Waals surface area contributed by atoms with E-state index in [4.69, 9.17) is 9.72 Å². The van der Waals surface area contributed by atoms with Crippen molar-refractivity contribution in [3.8, 4) is 28.1 Å². The number of imidazole rings is 1. The molecule has 1 atom stereocenters. The van der Waals surface area contributed by atoms with Crippen molar-refractivity contribution < 1.29 is 4.74 Å². The van der Waals surface area contributed by atoms with Gasteiger partial charge in [-0.25, -0.2) is 4.98 Å². The molecule has 8 rings (SSSR count). The van der Waals surface area contributed by atoms with E-state index in [2.05, 4.69) is 108 Å². The summed E-state index contributed by atoms with van der Waals surface area (Å²) < 4.78 is 8.30. The van der Waals surface area contributed by atoms with E-state index in [1.807, 2.05) is 24.4 Å². The van der Waals surface area contributed by atoms with Crippen LogP contribution in [0.25, 0.3) is 44.4 Å². The first-order chi connectivity index (χ1) is 18.8. The summed E-state index contributed by atoms with van der Waals surface area (Å²) in [6.45, 7) is 0. The molecule has 4 aromatic carbocycles. The Kier molecular flexibility index (Phi) is 4.65. The van der Waals surface area contributed by atoms with Crippen molar-refractivity contribution in [2.24, 2.45) is 0 Å². The van der Waals surface area contributed by atoms with E-state index in [1.54, 1.807) is 0 Å². The van der Waals surface area contributed by atoms with Gasteiger partial charge in [0, 0.05) is 29.4 Å². The number of pyridine rings is 1. The van der Waals surface area contributed by atoms with Gasteiger partial charge in [0.2, 0.25) is 0 Å². The normalized spacial score (nSPS) is 16.1. The fraction of sp³-hybridized carbons (Fsp3) is 0.0571. The first-order valence-electron chi connectivity index (χ1n) is 13.0. The summed E-state index contributed by atoms with van der Waals surface area (Å²) in [5.74, 6) is 2.33. The minimum absolute atomic E-state index is 0.279. The van der Waals surface area contributed by atoms with E-state index in [-0.39, 0.29) is 5.92 Å². The van der Waals surface area contributed by atoms with Gasteiger partial charge in [-0.15, -0.1) is 0 Å². The predicted molar refractivity (Wildman–Crippen MR) is 154 cm³/mol. The fourth-order valence-corrected chi connectivity index (χ4v) is 5.78. The number of allylic oxidation sites excluding steroid dienone is 4. The maximum Gasteiger partial charge on any atom is 0.137 e. The van der Waals surface area contributed by atoms with Gasteiger partial charge < -0.3 is 9.14 Å². The minimum atomic E-state index is 0.279. The van der Waals surface area contributed by atoms with E-state index >= 15 is 0 Å². The van der Waals surface area contributed by atoms with Crippen molar-refractivity contribution in [2.45, 2.75) is 12.3 Å². The van der Waals surface area contributed by atoms with Crippen LogP contribution in [0.1, 0.15) is 23.5 Å². The Hall–Kier alpha value is -4.89. The molecule has 2 aliphatic rings. The lowest BCUT2D eigenvalue weighted by molar-refractivity contribution is 0.427. The molecule has 1 aliphatic carbocycles. The summed E-state index contributed by atoms with van der Waals surface area (Å²) in [5, 5.41) is 2.49. The third-order valence-electron chi connectivity index (χ3n) is 7.83. The second-order valence-corrected chi connectivity index (χ2v) is 10.1. The lowest BCUT2D eigenvalue weighted by atomic mass is 9.84. The summed E-state index contributed by atoms with van der Waals surface area (Å²) in [6.07, 6.45) is 9.42. The molecule has 6 aromatic rings. The molecule has 38 heavy (non-hydrogen) atoms. The monoisotopic (exact) mass is 488 g/mol. The Morgan fingerprint density at radius 2 is 1.37 bits per heavy atom. The van der Waals surface area contributed by atoms with E-state index in [9.17, 15) is 0 Å². The molecule has 3 nitrogen and oxygen atoms in total. The molecule has 0 radical (unpaired) electrons. The molecule has 1 unspecified atom stereocenters. The van der Waals surface area contributed by atoms with Crippen LogP contribution in [-0.2, 0) is 0 Å². The van der Waals surface area contributed by atoms with Gasteiger partial charge in [0.25, 0.3) is 0 Å². The Morgan fingerprint density at radius 3 is 2.13 bits per heavy atom. The van der Waals surface area contributed by atoms with Crippen molar-refractivity contribution in [1.82, 2.24) is 9.38 Å². The number of ether oxygens (including phenoxy) is 1. The van der Waals surface area contributed by atoms with Crippen LogP contribution < -0.4 is 4.74 Å². The second kappa shape index (κ2) is 8.32. The van der Waals surface area contributed by atoms with Gasteiger partial charge in [-0.3, -0.25) is 0 Å². The molecule has 0 saturated heterocycles. The number of benzene rings is 4. The zero-order valence-electron chi connectivity index (χ0n) is 20.7. The molecule has 1 aliphatic heterocycles.